The molecule has 0 saturated carbocycles. The monoisotopic (exact) mass is 733 g/mol. The van der Waals surface area contributed by atoms with Gasteiger partial charge in [-0.1, -0.05) is 146 Å². The summed E-state index contributed by atoms with van der Waals surface area (Å²) in [5, 5.41) is 4.76. The van der Waals surface area contributed by atoms with Gasteiger partial charge < -0.3 is 4.42 Å². The zero-order chi connectivity index (χ0) is 37.0. The van der Waals surface area contributed by atoms with E-state index in [9.17, 15) is 0 Å². The molecule has 0 bridgehead atoms. The first-order valence-corrected chi connectivity index (χ1v) is 19.5. The van der Waals surface area contributed by atoms with Gasteiger partial charge in [-0.2, -0.15) is 0 Å². The van der Waals surface area contributed by atoms with Gasteiger partial charge in [0.15, 0.2) is 17.5 Å². The minimum absolute atomic E-state index is 0.622. The number of aromatic nitrogens is 3. The Labute approximate surface area is 327 Å². The Bertz CT molecular complexity index is 3180. The lowest BCUT2D eigenvalue weighted by Crippen LogP contribution is -2.00. The summed E-state index contributed by atoms with van der Waals surface area (Å²) in [6.45, 7) is 0. The lowest BCUT2D eigenvalue weighted by atomic mass is 9.93. The van der Waals surface area contributed by atoms with Gasteiger partial charge in [0.1, 0.15) is 11.2 Å². The topological polar surface area (TPSA) is 51.8 Å². The largest absolute Gasteiger partial charge is 0.456 e. The number of hydrogen-bond donors (Lipinski definition) is 0. The van der Waals surface area contributed by atoms with Crippen LogP contribution in [0.4, 0.5) is 0 Å². The molecule has 11 aromatic rings. The van der Waals surface area contributed by atoms with Gasteiger partial charge in [-0.15, -0.1) is 11.3 Å². The molecule has 0 N–H and O–H groups in total. The van der Waals surface area contributed by atoms with Gasteiger partial charge in [0.2, 0.25) is 0 Å². The molecule has 8 aromatic carbocycles. The Morgan fingerprint density at radius 1 is 0.321 bits per heavy atom. The average Bonchev–Trinajstić information content (AvgIpc) is 3.85. The van der Waals surface area contributed by atoms with Gasteiger partial charge in [-0.05, 0) is 75.8 Å². The molecule has 262 valence electrons. The summed E-state index contributed by atoms with van der Waals surface area (Å²) in [7, 11) is 0. The second-order valence-corrected chi connectivity index (χ2v) is 15.1. The maximum absolute atomic E-state index is 6.52. The molecule has 0 fully saturated rings. The molecule has 0 radical (unpaired) electrons. The minimum Gasteiger partial charge on any atom is -0.456 e. The van der Waals surface area contributed by atoms with Crippen LogP contribution in [0.5, 0.6) is 0 Å². The number of nitrogens with zero attached hydrogens (tertiary/aromatic N) is 3. The van der Waals surface area contributed by atoms with Crippen LogP contribution in [0.15, 0.2) is 192 Å². The first-order valence-electron chi connectivity index (χ1n) is 18.7. The van der Waals surface area contributed by atoms with Gasteiger partial charge in [-0.25, -0.2) is 15.0 Å². The van der Waals surface area contributed by atoms with Crippen molar-refractivity contribution in [1.29, 1.82) is 0 Å². The highest BCUT2D eigenvalue weighted by Crippen LogP contribution is 2.44. The van der Waals surface area contributed by atoms with Crippen LogP contribution in [-0.2, 0) is 0 Å². The van der Waals surface area contributed by atoms with Crippen molar-refractivity contribution in [2.45, 2.75) is 0 Å². The Kier molecular flexibility index (Phi) is 7.64. The molecule has 0 unspecified atom stereocenters. The number of hydrogen-bond acceptors (Lipinski definition) is 5. The first-order chi connectivity index (χ1) is 27.7. The second kappa shape index (κ2) is 13.3. The smallest absolute Gasteiger partial charge is 0.164 e. The van der Waals surface area contributed by atoms with Crippen LogP contribution >= 0.6 is 11.3 Å². The molecule has 0 atom stereocenters. The molecule has 56 heavy (non-hydrogen) atoms. The van der Waals surface area contributed by atoms with Crippen LogP contribution in [-0.4, -0.2) is 15.0 Å². The molecular formula is C51H31N3OS. The van der Waals surface area contributed by atoms with Crippen LogP contribution in [0, 0.1) is 0 Å². The molecule has 4 nitrogen and oxygen atoms in total. The Morgan fingerprint density at radius 3 is 1.66 bits per heavy atom. The van der Waals surface area contributed by atoms with Crippen molar-refractivity contribution in [3.63, 3.8) is 0 Å². The molecular weight excluding hydrogens is 703 g/mol. The molecule has 3 heterocycles. The normalized spacial score (nSPS) is 11.6. The lowest BCUT2D eigenvalue weighted by molar-refractivity contribution is 0.669. The zero-order valence-electron chi connectivity index (χ0n) is 30.1. The summed E-state index contributed by atoms with van der Waals surface area (Å²) in [6.07, 6.45) is 0. The van der Waals surface area contributed by atoms with E-state index in [0.29, 0.717) is 17.5 Å². The van der Waals surface area contributed by atoms with E-state index in [1.54, 1.807) is 0 Å². The van der Waals surface area contributed by atoms with Gasteiger partial charge in [-0.3, -0.25) is 0 Å². The Morgan fingerprint density at radius 2 is 0.929 bits per heavy atom. The van der Waals surface area contributed by atoms with Crippen molar-refractivity contribution in [2.24, 2.45) is 0 Å². The predicted octanol–water partition coefficient (Wildman–Crippen LogP) is 14.1. The predicted molar refractivity (Wildman–Crippen MR) is 233 cm³/mol. The van der Waals surface area contributed by atoms with E-state index in [2.05, 4.69) is 127 Å². The van der Waals surface area contributed by atoms with E-state index < -0.39 is 0 Å². The van der Waals surface area contributed by atoms with E-state index >= 15 is 0 Å². The van der Waals surface area contributed by atoms with Gasteiger partial charge in [0, 0.05) is 47.6 Å². The van der Waals surface area contributed by atoms with Crippen LogP contribution in [0.3, 0.4) is 0 Å². The fourth-order valence-electron chi connectivity index (χ4n) is 7.88. The fourth-order valence-corrected chi connectivity index (χ4v) is 9.05. The molecule has 0 saturated heterocycles. The van der Waals surface area contributed by atoms with Crippen molar-refractivity contribution in [3.05, 3.63) is 188 Å². The minimum atomic E-state index is 0.622. The average molecular weight is 734 g/mol. The van der Waals surface area contributed by atoms with Crippen molar-refractivity contribution in [2.75, 3.05) is 0 Å². The third-order valence-electron chi connectivity index (χ3n) is 10.5. The maximum atomic E-state index is 6.52. The third kappa shape index (κ3) is 5.56. The Hall–Kier alpha value is -7.21. The molecule has 3 aromatic heterocycles. The number of rotatable bonds is 6. The van der Waals surface area contributed by atoms with Crippen LogP contribution < -0.4 is 0 Å². The lowest BCUT2D eigenvalue weighted by Gasteiger charge is -2.11. The van der Waals surface area contributed by atoms with E-state index in [-0.39, 0.29) is 0 Å². The van der Waals surface area contributed by atoms with Crippen molar-refractivity contribution in [1.82, 2.24) is 15.0 Å². The number of benzene rings is 8. The molecule has 0 spiro atoms. The zero-order valence-corrected chi connectivity index (χ0v) is 30.9. The van der Waals surface area contributed by atoms with Gasteiger partial charge in [0.05, 0.1) is 0 Å². The highest BCUT2D eigenvalue weighted by atomic mass is 32.1. The van der Waals surface area contributed by atoms with Crippen LogP contribution in [0.1, 0.15) is 0 Å². The maximum Gasteiger partial charge on any atom is 0.164 e. The van der Waals surface area contributed by atoms with E-state index in [0.717, 1.165) is 55.3 Å². The summed E-state index contributed by atoms with van der Waals surface area (Å²) in [5.74, 6) is 1.90. The van der Waals surface area contributed by atoms with Crippen molar-refractivity contribution >= 4 is 53.4 Å². The summed E-state index contributed by atoms with van der Waals surface area (Å²) in [6, 6.07) is 65.7. The summed E-state index contributed by atoms with van der Waals surface area (Å²) < 4.78 is 9.10. The molecule has 0 aliphatic heterocycles. The van der Waals surface area contributed by atoms with E-state index in [1.165, 1.54) is 36.9 Å². The number of fused-ring (bicyclic) bond motifs is 6. The van der Waals surface area contributed by atoms with Crippen molar-refractivity contribution in [3.8, 4) is 67.5 Å². The van der Waals surface area contributed by atoms with Crippen LogP contribution in [0.25, 0.3) is 110 Å². The quantitative estimate of drug-likeness (QED) is 0.171. The molecule has 0 aliphatic carbocycles. The molecule has 0 aliphatic rings. The fraction of sp³-hybridized carbons (Fsp3) is 0. The molecule has 11 rings (SSSR count). The first kappa shape index (κ1) is 32.2. The molecule has 0 amide bonds. The summed E-state index contributed by atoms with van der Waals surface area (Å²) >= 11 is 1.85. The SMILES string of the molecule is c1ccc(-c2nc(-c3ccccc3)nc(-c3cccc(-c4cccc5oc6ccc(-c7cc(-c8ccccc8)c8c(c7)sc7ccccc78)cc6c45)c3)n2)cc1. The molecule has 5 heteroatoms. The van der Waals surface area contributed by atoms with Gasteiger partial charge in [0.25, 0.3) is 0 Å². The van der Waals surface area contributed by atoms with Crippen LogP contribution in [0.2, 0.25) is 0 Å². The van der Waals surface area contributed by atoms with E-state index in [4.69, 9.17) is 19.4 Å². The van der Waals surface area contributed by atoms with E-state index in [1.807, 2.05) is 72.0 Å². The number of furan rings is 1. The summed E-state index contributed by atoms with van der Waals surface area (Å²) in [5.41, 5.74) is 11.4. The standard InChI is InChI=1S/C51H31N3OS/c1-4-14-32(15-5-1)41-30-38(31-46-48(41)40-22-10-11-25-45(40)56-46)35-26-27-43-42(29-35)47-39(23-13-24-44(47)55-43)36-20-12-21-37(28-36)51-53-49(33-16-6-2-7-17-33)52-50(54-51)34-18-8-3-9-19-34/h1-31H. The second-order valence-electron chi connectivity index (χ2n) is 14.0. The highest BCUT2D eigenvalue weighted by molar-refractivity contribution is 7.26. The third-order valence-corrected chi connectivity index (χ3v) is 11.6. The Balaban J connectivity index is 1.06. The van der Waals surface area contributed by atoms with Gasteiger partial charge >= 0.3 is 0 Å². The van der Waals surface area contributed by atoms with Crippen molar-refractivity contribution < 1.29 is 4.42 Å². The highest BCUT2D eigenvalue weighted by Gasteiger charge is 2.18. The number of thiophene rings is 1. The summed E-state index contributed by atoms with van der Waals surface area (Å²) in [4.78, 5) is 14.9.